The number of hydrogen-bond acceptors (Lipinski definition) is 3. The summed E-state index contributed by atoms with van der Waals surface area (Å²) in [6.07, 6.45) is 3.65. The van der Waals surface area contributed by atoms with Crippen molar-refractivity contribution in [3.8, 4) is 6.07 Å². The highest BCUT2D eigenvalue weighted by Gasteiger charge is 2.22. The van der Waals surface area contributed by atoms with E-state index in [2.05, 4.69) is 35.2 Å². The van der Waals surface area contributed by atoms with Crippen molar-refractivity contribution in [2.24, 2.45) is 5.73 Å². The van der Waals surface area contributed by atoms with Gasteiger partial charge < -0.3 is 5.73 Å². The Morgan fingerprint density at radius 1 is 1.37 bits per heavy atom. The predicted octanol–water partition coefficient (Wildman–Crippen LogP) is 2.46. The molecule has 0 saturated carbocycles. The number of nitrogens with two attached hydrogens (primary N) is 1. The normalized spacial score (nSPS) is 18.4. The van der Waals surface area contributed by atoms with Gasteiger partial charge >= 0.3 is 0 Å². The zero-order valence-corrected chi connectivity index (χ0v) is 11.7. The van der Waals surface area contributed by atoms with Crippen LogP contribution in [0, 0.1) is 11.3 Å². The summed E-state index contributed by atoms with van der Waals surface area (Å²) in [5.41, 5.74) is 8.31. The number of benzene rings is 1. The summed E-state index contributed by atoms with van der Waals surface area (Å²) in [5, 5.41) is 9.06. The predicted molar refractivity (Wildman–Crippen MR) is 77.5 cm³/mol. The Bertz CT molecular complexity index is 463. The molecule has 0 fully saturated rings. The van der Waals surface area contributed by atoms with E-state index in [0.717, 1.165) is 45.3 Å². The first-order valence-electron chi connectivity index (χ1n) is 7.16. The Balaban J connectivity index is 1.82. The van der Waals surface area contributed by atoms with Crippen LogP contribution in [0.3, 0.4) is 0 Å². The van der Waals surface area contributed by atoms with Crippen LogP contribution in [0.25, 0.3) is 0 Å². The molecule has 1 atom stereocenters. The highest BCUT2D eigenvalue weighted by Crippen LogP contribution is 2.20. The molecule has 1 aliphatic rings. The Labute approximate surface area is 116 Å². The summed E-state index contributed by atoms with van der Waals surface area (Å²) in [7, 11) is 0. The molecule has 0 amide bonds. The molecule has 2 N–H and O–H groups in total. The molecule has 0 aromatic heterocycles. The lowest BCUT2D eigenvalue weighted by molar-refractivity contribution is 0.242. The quantitative estimate of drug-likeness (QED) is 0.881. The van der Waals surface area contributed by atoms with E-state index in [9.17, 15) is 0 Å². The van der Waals surface area contributed by atoms with Gasteiger partial charge in [0.15, 0.2) is 0 Å². The van der Waals surface area contributed by atoms with Crippen LogP contribution in [0.5, 0.6) is 0 Å². The van der Waals surface area contributed by atoms with Gasteiger partial charge in [-0.25, -0.2) is 0 Å². The fraction of sp³-hybridized carbons (Fsp3) is 0.562. The van der Waals surface area contributed by atoms with Gasteiger partial charge in [-0.05, 0) is 43.4 Å². The number of nitrogens with zero attached hydrogens (tertiary/aromatic N) is 2. The molecular weight excluding hydrogens is 234 g/mol. The smallest absolute Gasteiger partial charge is 0.104 e. The number of hydrogen-bond donors (Lipinski definition) is 1. The average Bonchev–Trinajstić information content (AvgIpc) is 2.47. The van der Waals surface area contributed by atoms with Crippen molar-refractivity contribution in [2.45, 2.75) is 44.7 Å². The molecule has 3 nitrogen and oxygen atoms in total. The largest absolute Gasteiger partial charge is 0.313 e. The molecule has 1 heterocycles. The van der Waals surface area contributed by atoms with Crippen LogP contribution in [0.15, 0.2) is 24.3 Å². The summed E-state index contributed by atoms with van der Waals surface area (Å²) in [5.74, 6) is 0. The number of nitriles is 1. The molecule has 0 spiro atoms. The molecule has 0 aliphatic carbocycles. The maximum Gasteiger partial charge on any atom is 0.104 e. The third-order valence-electron chi connectivity index (χ3n) is 4.16. The minimum absolute atomic E-state index is 0.631. The molecule has 1 aromatic carbocycles. The van der Waals surface area contributed by atoms with Crippen molar-refractivity contribution in [3.63, 3.8) is 0 Å². The van der Waals surface area contributed by atoms with Crippen LogP contribution in [-0.4, -0.2) is 23.5 Å². The van der Waals surface area contributed by atoms with E-state index in [-0.39, 0.29) is 0 Å². The lowest BCUT2D eigenvalue weighted by atomic mass is 9.93. The van der Waals surface area contributed by atoms with Gasteiger partial charge in [0.2, 0.25) is 0 Å². The summed E-state index contributed by atoms with van der Waals surface area (Å²) >= 11 is 0. The van der Waals surface area contributed by atoms with Crippen LogP contribution in [0.1, 0.15) is 37.3 Å². The molecule has 3 heteroatoms. The summed E-state index contributed by atoms with van der Waals surface area (Å²) in [6.45, 7) is 5.18. The molecule has 102 valence electrons. The summed E-state index contributed by atoms with van der Waals surface area (Å²) in [4.78, 5) is 2.47. The van der Waals surface area contributed by atoms with Crippen LogP contribution in [0.2, 0.25) is 0 Å². The van der Waals surface area contributed by atoms with E-state index in [4.69, 9.17) is 11.0 Å². The Kier molecular flexibility index (Phi) is 4.57. The van der Waals surface area contributed by atoms with Crippen molar-refractivity contribution in [1.29, 1.82) is 5.26 Å². The molecule has 0 radical (unpaired) electrons. The van der Waals surface area contributed by atoms with Crippen LogP contribution >= 0.6 is 0 Å². The SMILES string of the molecule is CCC(N)(C#N)CCCN1CCc2ccccc2C1. The monoisotopic (exact) mass is 257 g/mol. The van der Waals surface area contributed by atoms with Gasteiger partial charge in [0, 0.05) is 13.1 Å². The van der Waals surface area contributed by atoms with Gasteiger partial charge in [0.05, 0.1) is 6.07 Å². The van der Waals surface area contributed by atoms with Crippen molar-refractivity contribution < 1.29 is 0 Å². The third kappa shape index (κ3) is 3.56. The maximum atomic E-state index is 9.06. The first kappa shape index (κ1) is 14.0. The standard InChI is InChI=1S/C16H23N3/c1-2-16(18,13-17)9-5-10-19-11-8-14-6-3-4-7-15(14)12-19/h3-4,6-7H,2,5,8-12,18H2,1H3. The first-order valence-corrected chi connectivity index (χ1v) is 7.16. The van der Waals surface area contributed by atoms with Crippen molar-refractivity contribution in [2.75, 3.05) is 13.1 Å². The minimum atomic E-state index is -0.631. The first-order chi connectivity index (χ1) is 9.17. The second kappa shape index (κ2) is 6.18. The van der Waals surface area contributed by atoms with E-state index in [1.807, 2.05) is 6.92 Å². The summed E-state index contributed by atoms with van der Waals surface area (Å²) in [6, 6.07) is 10.9. The fourth-order valence-electron chi connectivity index (χ4n) is 2.67. The molecule has 1 unspecified atom stereocenters. The summed E-state index contributed by atoms with van der Waals surface area (Å²) < 4.78 is 0. The van der Waals surface area contributed by atoms with Crippen LogP contribution < -0.4 is 5.73 Å². The van der Waals surface area contributed by atoms with Crippen LogP contribution in [-0.2, 0) is 13.0 Å². The molecule has 0 saturated heterocycles. The molecule has 0 bridgehead atoms. The lowest BCUT2D eigenvalue weighted by Crippen LogP contribution is -2.39. The third-order valence-corrected chi connectivity index (χ3v) is 4.16. The van der Waals surface area contributed by atoms with E-state index in [1.54, 1.807) is 0 Å². The van der Waals surface area contributed by atoms with Crippen LogP contribution in [0.4, 0.5) is 0 Å². The van der Waals surface area contributed by atoms with Crippen molar-refractivity contribution in [1.82, 2.24) is 4.90 Å². The fourth-order valence-corrected chi connectivity index (χ4v) is 2.67. The minimum Gasteiger partial charge on any atom is -0.313 e. The topological polar surface area (TPSA) is 53.1 Å². The van der Waals surface area contributed by atoms with Gasteiger partial charge in [0.25, 0.3) is 0 Å². The van der Waals surface area contributed by atoms with Gasteiger partial charge in [-0.2, -0.15) is 5.26 Å². The van der Waals surface area contributed by atoms with E-state index in [1.165, 1.54) is 11.1 Å². The van der Waals surface area contributed by atoms with E-state index in [0.29, 0.717) is 0 Å². The van der Waals surface area contributed by atoms with Gasteiger partial charge in [-0.1, -0.05) is 31.2 Å². The second-order valence-electron chi connectivity index (χ2n) is 5.52. The van der Waals surface area contributed by atoms with Gasteiger partial charge in [0.1, 0.15) is 5.54 Å². The second-order valence-corrected chi connectivity index (χ2v) is 5.52. The van der Waals surface area contributed by atoms with Crippen molar-refractivity contribution >= 4 is 0 Å². The molecule has 1 aromatic rings. The van der Waals surface area contributed by atoms with E-state index < -0.39 is 5.54 Å². The molecular formula is C16H23N3. The Hall–Kier alpha value is -1.37. The zero-order chi connectivity index (χ0) is 13.7. The van der Waals surface area contributed by atoms with E-state index >= 15 is 0 Å². The molecule has 19 heavy (non-hydrogen) atoms. The van der Waals surface area contributed by atoms with Gasteiger partial charge in [-0.3, -0.25) is 4.90 Å². The lowest BCUT2D eigenvalue weighted by Gasteiger charge is -2.29. The number of fused-ring (bicyclic) bond motifs is 1. The molecule has 1 aliphatic heterocycles. The maximum absolute atomic E-state index is 9.06. The average molecular weight is 257 g/mol. The van der Waals surface area contributed by atoms with Crippen molar-refractivity contribution in [3.05, 3.63) is 35.4 Å². The van der Waals surface area contributed by atoms with Gasteiger partial charge in [-0.15, -0.1) is 0 Å². The molecule has 2 rings (SSSR count). The highest BCUT2D eigenvalue weighted by atomic mass is 15.1. The Morgan fingerprint density at radius 3 is 2.79 bits per heavy atom. The highest BCUT2D eigenvalue weighted by molar-refractivity contribution is 5.29. The Morgan fingerprint density at radius 2 is 2.11 bits per heavy atom. The number of rotatable bonds is 5. The zero-order valence-electron chi connectivity index (χ0n) is 11.7.